The Bertz CT molecular complexity index is 342. The summed E-state index contributed by atoms with van der Waals surface area (Å²) in [5, 5.41) is 9.71. The molecular formula is C16H32O6. The maximum Gasteiger partial charge on any atom is 0.342 e. The molecule has 0 aliphatic heterocycles. The Hall–Kier alpha value is -0.690. The monoisotopic (exact) mass is 320 g/mol. The van der Waals surface area contributed by atoms with Crippen molar-refractivity contribution in [1.29, 1.82) is 0 Å². The van der Waals surface area contributed by atoms with Crippen molar-refractivity contribution in [3.8, 4) is 0 Å². The Morgan fingerprint density at radius 3 is 1.77 bits per heavy atom. The van der Waals surface area contributed by atoms with Crippen LogP contribution in [0.5, 0.6) is 0 Å². The van der Waals surface area contributed by atoms with E-state index in [0.29, 0.717) is 6.42 Å². The molecule has 0 fully saturated rings. The second kappa shape index (κ2) is 8.24. The first kappa shape index (κ1) is 21.3. The van der Waals surface area contributed by atoms with Gasteiger partial charge in [0.2, 0.25) is 5.60 Å². The van der Waals surface area contributed by atoms with Gasteiger partial charge in [0.1, 0.15) is 6.10 Å². The first-order chi connectivity index (χ1) is 9.88. The molecule has 0 radical (unpaired) electrons. The fraction of sp³-hybridized carbons (Fsp3) is 0.938. The Balaban J connectivity index is 5.32. The van der Waals surface area contributed by atoms with Gasteiger partial charge >= 0.3 is 5.97 Å². The van der Waals surface area contributed by atoms with Crippen LogP contribution in [0.15, 0.2) is 0 Å². The smallest absolute Gasteiger partial charge is 0.342 e. The highest BCUT2D eigenvalue weighted by molar-refractivity contribution is 5.78. The van der Waals surface area contributed by atoms with Gasteiger partial charge in [-0.3, -0.25) is 0 Å². The summed E-state index contributed by atoms with van der Waals surface area (Å²) in [6.45, 7) is 14.5. The van der Waals surface area contributed by atoms with E-state index in [-0.39, 0.29) is 6.42 Å². The molecule has 0 aliphatic carbocycles. The van der Waals surface area contributed by atoms with Crippen molar-refractivity contribution >= 4 is 5.97 Å². The number of aliphatic carboxylic acids is 1. The van der Waals surface area contributed by atoms with Crippen LogP contribution >= 0.6 is 0 Å². The molecule has 0 heterocycles. The van der Waals surface area contributed by atoms with E-state index in [1.54, 1.807) is 27.7 Å². The van der Waals surface area contributed by atoms with Crippen LogP contribution in [0.3, 0.4) is 0 Å². The molecule has 0 spiro atoms. The lowest BCUT2D eigenvalue weighted by molar-refractivity contribution is -0.451. The van der Waals surface area contributed by atoms with Crippen LogP contribution in [0.4, 0.5) is 0 Å². The minimum absolute atomic E-state index is 0.191. The zero-order valence-electron chi connectivity index (χ0n) is 15.2. The molecule has 132 valence electrons. The van der Waals surface area contributed by atoms with Crippen LogP contribution in [0, 0.1) is 0 Å². The molecule has 2 unspecified atom stereocenters. The molecule has 6 nitrogen and oxygen atoms in total. The molecule has 0 aromatic heterocycles. The Kier molecular flexibility index (Phi) is 7.98. The van der Waals surface area contributed by atoms with Gasteiger partial charge in [-0.05, 0) is 54.4 Å². The molecule has 0 rings (SSSR count). The van der Waals surface area contributed by atoms with Gasteiger partial charge in [-0.15, -0.1) is 0 Å². The van der Waals surface area contributed by atoms with Crippen LogP contribution in [0.2, 0.25) is 0 Å². The van der Waals surface area contributed by atoms with Gasteiger partial charge in [-0.2, -0.15) is 0 Å². The van der Waals surface area contributed by atoms with Crippen LogP contribution in [-0.4, -0.2) is 34.0 Å². The number of hydrogen-bond donors (Lipinski definition) is 1. The lowest BCUT2D eigenvalue weighted by atomic mass is 9.90. The third-order valence-corrected chi connectivity index (χ3v) is 2.81. The summed E-state index contributed by atoms with van der Waals surface area (Å²) in [7, 11) is 0. The molecule has 0 amide bonds. The molecule has 0 aromatic carbocycles. The van der Waals surface area contributed by atoms with Crippen LogP contribution in [0.1, 0.15) is 74.7 Å². The molecule has 0 aliphatic rings. The maximum absolute atomic E-state index is 11.9. The van der Waals surface area contributed by atoms with Gasteiger partial charge < -0.3 is 5.11 Å². The number of carboxylic acids is 1. The van der Waals surface area contributed by atoms with Gasteiger partial charge in [0.05, 0.1) is 11.2 Å². The van der Waals surface area contributed by atoms with Crippen LogP contribution in [-0.2, 0) is 24.3 Å². The molecule has 6 heteroatoms. The normalized spacial score (nSPS) is 17.1. The largest absolute Gasteiger partial charge is 0.479 e. The maximum atomic E-state index is 11.9. The summed E-state index contributed by atoms with van der Waals surface area (Å²) < 4.78 is 0. The van der Waals surface area contributed by atoms with Crippen molar-refractivity contribution < 1.29 is 29.5 Å². The molecule has 2 atom stereocenters. The molecule has 22 heavy (non-hydrogen) atoms. The highest BCUT2D eigenvalue weighted by Gasteiger charge is 2.50. The highest BCUT2D eigenvalue weighted by atomic mass is 17.2. The Labute approximate surface area is 133 Å². The molecule has 0 aromatic rings. The summed E-state index contributed by atoms with van der Waals surface area (Å²) >= 11 is 0. The van der Waals surface area contributed by atoms with Crippen molar-refractivity contribution in [3.05, 3.63) is 0 Å². The third kappa shape index (κ3) is 7.05. The SMILES string of the molecule is CCCC(OOC(C)(C)C)C(CC)(OOC(C)(C)C)C(=O)O. The topological polar surface area (TPSA) is 74.2 Å². The Morgan fingerprint density at radius 1 is 0.955 bits per heavy atom. The van der Waals surface area contributed by atoms with Crippen molar-refractivity contribution in [2.24, 2.45) is 0 Å². The summed E-state index contributed by atoms with van der Waals surface area (Å²) in [6.07, 6.45) is 0.619. The first-order valence-corrected chi connectivity index (χ1v) is 7.82. The number of carbonyl (C=O) groups is 1. The van der Waals surface area contributed by atoms with Gasteiger partial charge in [-0.1, -0.05) is 20.3 Å². The second-order valence-corrected chi connectivity index (χ2v) is 7.40. The Morgan fingerprint density at radius 2 is 1.45 bits per heavy atom. The number of rotatable bonds is 9. The summed E-state index contributed by atoms with van der Waals surface area (Å²) in [6, 6.07) is 0. The summed E-state index contributed by atoms with van der Waals surface area (Å²) in [5.41, 5.74) is -2.79. The van der Waals surface area contributed by atoms with Gasteiger partial charge in [-0.25, -0.2) is 24.3 Å². The quantitative estimate of drug-likeness (QED) is 0.513. The average Bonchev–Trinajstić information content (AvgIpc) is 2.34. The lowest BCUT2D eigenvalue weighted by Crippen LogP contribution is -2.54. The second-order valence-electron chi connectivity index (χ2n) is 7.40. The van der Waals surface area contributed by atoms with Crippen LogP contribution in [0.25, 0.3) is 0 Å². The number of carboxylic acid groups (broad SMARTS) is 1. The average molecular weight is 320 g/mol. The molecule has 0 saturated carbocycles. The van der Waals surface area contributed by atoms with E-state index in [1.807, 2.05) is 27.7 Å². The van der Waals surface area contributed by atoms with Gasteiger partial charge in [0.15, 0.2) is 0 Å². The minimum atomic E-state index is -1.62. The van der Waals surface area contributed by atoms with Gasteiger partial charge in [0, 0.05) is 0 Å². The van der Waals surface area contributed by atoms with Gasteiger partial charge in [0.25, 0.3) is 0 Å². The van der Waals surface area contributed by atoms with Crippen molar-refractivity contribution in [2.75, 3.05) is 0 Å². The molecule has 0 saturated heterocycles. The standard InChI is InChI=1S/C16H32O6/c1-9-11-12(19-20-14(3,4)5)16(10-2,13(17)18)22-21-15(6,7)8/h12H,9-11H2,1-8H3,(H,17,18). The van der Waals surface area contributed by atoms with Crippen LogP contribution < -0.4 is 0 Å². The fourth-order valence-corrected chi connectivity index (χ4v) is 1.69. The van der Waals surface area contributed by atoms with Crippen molar-refractivity contribution in [1.82, 2.24) is 0 Å². The zero-order chi connectivity index (χ0) is 17.6. The highest BCUT2D eigenvalue weighted by Crippen LogP contribution is 2.30. The third-order valence-electron chi connectivity index (χ3n) is 2.81. The predicted octanol–water partition coefficient (Wildman–Crippen LogP) is 3.88. The molecular weight excluding hydrogens is 288 g/mol. The first-order valence-electron chi connectivity index (χ1n) is 7.82. The van der Waals surface area contributed by atoms with E-state index in [9.17, 15) is 9.90 Å². The van der Waals surface area contributed by atoms with Crippen molar-refractivity contribution in [3.63, 3.8) is 0 Å². The van der Waals surface area contributed by atoms with E-state index in [4.69, 9.17) is 19.6 Å². The van der Waals surface area contributed by atoms with E-state index < -0.39 is 28.9 Å². The van der Waals surface area contributed by atoms with E-state index in [2.05, 4.69) is 0 Å². The predicted molar refractivity (Wildman–Crippen MR) is 83.2 cm³/mol. The summed E-state index contributed by atoms with van der Waals surface area (Å²) in [4.78, 5) is 33.3. The minimum Gasteiger partial charge on any atom is -0.479 e. The number of hydrogen-bond acceptors (Lipinski definition) is 5. The molecule has 0 bridgehead atoms. The lowest BCUT2D eigenvalue weighted by Gasteiger charge is -2.36. The van der Waals surface area contributed by atoms with E-state index in [0.717, 1.165) is 6.42 Å². The van der Waals surface area contributed by atoms with Crippen molar-refractivity contribution in [2.45, 2.75) is 97.6 Å². The fourth-order valence-electron chi connectivity index (χ4n) is 1.69. The van der Waals surface area contributed by atoms with E-state index in [1.165, 1.54) is 0 Å². The molecule has 1 N–H and O–H groups in total. The van der Waals surface area contributed by atoms with E-state index >= 15 is 0 Å². The zero-order valence-corrected chi connectivity index (χ0v) is 15.2. The summed E-state index contributed by atoms with van der Waals surface area (Å²) in [5.74, 6) is -1.13.